The number of rotatable bonds is 7. The lowest BCUT2D eigenvalue weighted by Gasteiger charge is -2.35. The molecule has 31 heavy (non-hydrogen) atoms. The number of carbonyl (C=O) groups excluding carboxylic acids is 1. The first kappa shape index (κ1) is 21.6. The van der Waals surface area contributed by atoms with Crippen LogP contribution in [0, 0.1) is 0 Å². The summed E-state index contributed by atoms with van der Waals surface area (Å²) in [5.41, 5.74) is 3.16. The smallest absolute Gasteiger partial charge is 0.257 e. The highest BCUT2D eigenvalue weighted by atomic mass is 79.9. The van der Waals surface area contributed by atoms with Gasteiger partial charge in [0, 0.05) is 43.6 Å². The summed E-state index contributed by atoms with van der Waals surface area (Å²) in [5.74, 6) is 0.686. The first-order chi connectivity index (χ1) is 15.2. The van der Waals surface area contributed by atoms with Gasteiger partial charge in [-0.1, -0.05) is 76.6 Å². The lowest BCUT2D eigenvalue weighted by molar-refractivity contribution is 0.0624. The third kappa shape index (κ3) is 5.96. The summed E-state index contributed by atoms with van der Waals surface area (Å²) in [7, 11) is 0. The van der Waals surface area contributed by atoms with Crippen LogP contribution in [0.4, 0.5) is 0 Å². The van der Waals surface area contributed by atoms with Gasteiger partial charge in [-0.2, -0.15) is 0 Å². The van der Waals surface area contributed by atoms with Crippen molar-refractivity contribution in [3.8, 4) is 5.75 Å². The van der Waals surface area contributed by atoms with E-state index in [1.54, 1.807) is 0 Å². The van der Waals surface area contributed by atoms with Crippen LogP contribution in [0.15, 0.2) is 83.3 Å². The Balaban J connectivity index is 1.36. The number of ether oxygens (including phenoxy) is 1. The number of piperazine rings is 1. The maximum atomic E-state index is 13.3. The Kier molecular flexibility index (Phi) is 7.39. The van der Waals surface area contributed by atoms with E-state index in [2.05, 4.69) is 57.2 Å². The zero-order valence-corrected chi connectivity index (χ0v) is 19.1. The molecule has 0 bridgehead atoms. The maximum Gasteiger partial charge on any atom is 0.257 e. The minimum absolute atomic E-state index is 0.0374. The van der Waals surface area contributed by atoms with Gasteiger partial charge in [-0.25, -0.2) is 0 Å². The topological polar surface area (TPSA) is 32.8 Å². The molecule has 1 amide bonds. The van der Waals surface area contributed by atoms with Gasteiger partial charge in [-0.05, 0) is 29.3 Å². The van der Waals surface area contributed by atoms with Crippen LogP contribution >= 0.6 is 15.9 Å². The van der Waals surface area contributed by atoms with E-state index in [0.29, 0.717) is 17.9 Å². The van der Waals surface area contributed by atoms with Crippen LogP contribution in [0.3, 0.4) is 0 Å². The van der Waals surface area contributed by atoms with Crippen molar-refractivity contribution in [2.75, 3.05) is 32.8 Å². The molecule has 5 heteroatoms. The second-order valence-electron chi connectivity index (χ2n) is 7.78. The third-order valence-electron chi connectivity index (χ3n) is 5.57. The van der Waals surface area contributed by atoms with Crippen LogP contribution < -0.4 is 4.74 Å². The predicted octanol–water partition coefficient (Wildman–Crippen LogP) is 5.03. The lowest BCUT2D eigenvalue weighted by Crippen LogP contribution is -2.48. The quantitative estimate of drug-likeness (QED) is 0.477. The van der Waals surface area contributed by atoms with E-state index in [-0.39, 0.29) is 5.91 Å². The summed E-state index contributed by atoms with van der Waals surface area (Å²) < 4.78 is 6.91. The molecule has 0 radical (unpaired) electrons. The van der Waals surface area contributed by atoms with Gasteiger partial charge in [-0.3, -0.25) is 9.69 Å². The van der Waals surface area contributed by atoms with Crippen molar-refractivity contribution in [1.82, 2.24) is 9.80 Å². The molecule has 4 rings (SSSR count). The van der Waals surface area contributed by atoms with Crippen LogP contribution in [-0.4, -0.2) is 48.5 Å². The van der Waals surface area contributed by atoms with E-state index in [0.717, 1.165) is 43.6 Å². The van der Waals surface area contributed by atoms with Crippen LogP contribution in [0.25, 0.3) is 0 Å². The molecule has 0 spiro atoms. The average molecular weight is 479 g/mol. The van der Waals surface area contributed by atoms with Crippen molar-refractivity contribution < 1.29 is 9.53 Å². The Morgan fingerprint density at radius 1 is 0.839 bits per heavy atom. The Morgan fingerprint density at radius 3 is 2.16 bits per heavy atom. The van der Waals surface area contributed by atoms with E-state index in [9.17, 15) is 4.79 Å². The molecular weight excluding hydrogens is 452 g/mol. The molecule has 0 saturated carbocycles. The van der Waals surface area contributed by atoms with E-state index >= 15 is 0 Å². The van der Waals surface area contributed by atoms with Crippen molar-refractivity contribution in [2.24, 2.45) is 0 Å². The van der Waals surface area contributed by atoms with Crippen molar-refractivity contribution in [2.45, 2.75) is 13.0 Å². The summed E-state index contributed by atoms with van der Waals surface area (Å²) in [4.78, 5) is 17.6. The number of amides is 1. The maximum absolute atomic E-state index is 13.3. The summed E-state index contributed by atoms with van der Waals surface area (Å²) >= 11 is 3.51. The van der Waals surface area contributed by atoms with Crippen molar-refractivity contribution >= 4 is 21.8 Å². The Bertz CT molecular complexity index is 987. The Morgan fingerprint density at radius 2 is 1.48 bits per heavy atom. The van der Waals surface area contributed by atoms with E-state index in [4.69, 9.17) is 4.74 Å². The first-order valence-electron chi connectivity index (χ1n) is 10.7. The van der Waals surface area contributed by atoms with Crippen LogP contribution in [0.2, 0.25) is 0 Å². The van der Waals surface area contributed by atoms with Gasteiger partial charge in [-0.15, -0.1) is 0 Å². The summed E-state index contributed by atoms with van der Waals surface area (Å²) in [6.07, 6.45) is 0.808. The van der Waals surface area contributed by atoms with Gasteiger partial charge >= 0.3 is 0 Å². The predicted molar refractivity (Wildman–Crippen MR) is 127 cm³/mol. The first-order valence-corrected chi connectivity index (χ1v) is 11.5. The largest absolute Gasteiger partial charge is 0.492 e. The number of hydrogen-bond donors (Lipinski definition) is 0. The molecule has 1 saturated heterocycles. The van der Waals surface area contributed by atoms with Gasteiger partial charge in [0.25, 0.3) is 5.91 Å². The monoisotopic (exact) mass is 478 g/mol. The molecule has 1 aliphatic heterocycles. The second-order valence-corrected chi connectivity index (χ2v) is 8.69. The molecule has 3 aromatic rings. The van der Waals surface area contributed by atoms with E-state index < -0.39 is 0 Å². The molecule has 0 atom stereocenters. The molecule has 0 aromatic heterocycles. The molecule has 0 unspecified atom stereocenters. The van der Waals surface area contributed by atoms with E-state index in [1.807, 2.05) is 47.4 Å². The fraction of sp³-hybridized carbons (Fsp3) is 0.269. The Labute approximate surface area is 192 Å². The third-order valence-corrected chi connectivity index (χ3v) is 6.06. The standard InChI is InChI=1S/C26H27BrN2O2/c27-23-11-12-25(31-18-13-21-7-3-1-4-8-21)24(19-23)26(30)29-16-14-28(15-17-29)20-22-9-5-2-6-10-22/h1-12,19H,13-18,20H2. The number of carbonyl (C=O) groups is 1. The van der Waals surface area contributed by atoms with Crippen LogP contribution in [0.5, 0.6) is 5.75 Å². The van der Waals surface area contributed by atoms with Gasteiger partial charge in [0.15, 0.2) is 0 Å². The molecule has 1 fully saturated rings. The van der Waals surface area contributed by atoms with Crippen LogP contribution in [0.1, 0.15) is 21.5 Å². The van der Waals surface area contributed by atoms with Gasteiger partial charge in [0.05, 0.1) is 12.2 Å². The van der Waals surface area contributed by atoms with Crippen molar-refractivity contribution in [1.29, 1.82) is 0 Å². The SMILES string of the molecule is O=C(c1cc(Br)ccc1OCCc1ccccc1)N1CCN(Cc2ccccc2)CC1. The molecule has 0 N–H and O–H groups in total. The minimum Gasteiger partial charge on any atom is -0.492 e. The summed E-state index contributed by atoms with van der Waals surface area (Å²) in [5, 5.41) is 0. The van der Waals surface area contributed by atoms with Crippen LogP contribution in [-0.2, 0) is 13.0 Å². The molecule has 3 aromatic carbocycles. The zero-order valence-electron chi connectivity index (χ0n) is 17.5. The Hall–Kier alpha value is -2.63. The van der Waals surface area contributed by atoms with E-state index in [1.165, 1.54) is 11.1 Å². The molecule has 4 nitrogen and oxygen atoms in total. The highest BCUT2D eigenvalue weighted by Crippen LogP contribution is 2.25. The zero-order chi connectivity index (χ0) is 21.5. The lowest BCUT2D eigenvalue weighted by atomic mass is 10.1. The number of benzene rings is 3. The molecular formula is C26H27BrN2O2. The normalized spacial score (nSPS) is 14.4. The molecule has 160 valence electrons. The molecule has 1 heterocycles. The van der Waals surface area contributed by atoms with Crippen molar-refractivity contribution in [3.05, 3.63) is 100 Å². The highest BCUT2D eigenvalue weighted by Gasteiger charge is 2.24. The molecule has 0 aliphatic carbocycles. The number of halogens is 1. The average Bonchev–Trinajstić information content (AvgIpc) is 2.81. The number of hydrogen-bond acceptors (Lipinski definition) is 3. The van der Waals surface area contributed by atoms with Crippen molar-refractivity contribution in [3.63, 3.8) is 0 Å². The summed E-state index contributed by atoms with van der Waals surface area (Å²) in [6, 6.07) is 26.4. The van der Waals surface area contributed by atoms with Gasteiger partial charge < -0.3 is 9.64 Å². The van der Waals surface area contributed by atoms with Gasteiger partial charge in [0.1, 0.15) is 5.75 Å². The highest BCUT2D eigenvalue weighted by molar-refractivity contribution is 9.10. The fourth-order valence-electron chi connectivity index (χ4n) is 3.84. The van der Waals surface area contributed by atoms with Gasteiger partial charge in [0.2, 0.25) is 0 Å². The fourth-order valence-corrected chi connectivity index (χ4v) is 4.20. The second kappa shape index (κ2) is 10.6. The summed E-state index contributed by atoms with van der Waals surface area (Å²) in [6.45, 7) is 4.66. The number of nitrogens with zero attached hydrogens (tertiary/aromatic N) is 2. The minimum atomic E-state index is 0.0374. The molecule has 1 aliphatic rings.